The number of carbonyl (C=O) groups is 1. The van der Waals surface area contributed by atoms with E-state index in [0.29, 0.717) is 16.4 Å². The third kappa shape index (κ3) is 4.00. The van der Waals surface area contributed by atoms with Crippen molar-refractivity contribution in [2.45, 2.75) is 31.9 Å². The van der Waals surface area contributed by atoms with Crippen LogP contribution >= 0.6 is 24.0 Å². The van der Waals surface area contributed by atoms with Crippen molar-refractivity contribution in [3.63, 3.8) is 0 Å². The molecule has 9 heteroatoms. The molecular weight excluding hydrogens is 365 g/mol. The lowest BCUT2D eigenvalue weighted by Crippen LogP contribution is -2.43. The number of nitrogens with one attached hydrogen (secondary N) is 2. The SMILES string of the molecule is CO[C@@H](C)C(=O)Nc1c[nH]c2ncc(Cl)c(N3CCC[C@@H](N)C3)c12.Cl. The van der Waals surface area contributed by atoms with Gasteiger partial charge in [0.2, 0.25) is 0 Å². The van der Waals surface area contributed by atoms with Gasteiger partial charge in [-0.15, -0.1) is 12.4 Å². The first-order chi connectivity index (χ1) is 11.5. The Bertz CT molecular complexity index is 751. The maximum atomic E-state index is 12.2. The Morgan fingerprint density at radius 1 is 1.60 bits per heavy atom. The first-order valence-electron chi connectivity index (χ1n) is 8.01. The number of fused-ring (bicyclic) bond motifs is 1. The molecule has 0 aromatic carbocycles. The molecule has 1 amide bonds. The average molecular weight is 388 g/mol. The van der Waals surface area contributed by atoms with Gasteiger partial charge >= 0.3 is 0 Å². The smallest absolute Gasteiger partial charge is 0.253 e. The summed E-state index contributed by atoms with van der Waals surface area (Å²) < 4.78 is 5.07. The molecule has 25 heavy (non-hydrogen) atoms. The topological polar surface area (TPSA) is 96.3 Å². The molecule has 0 unspecified atom stereocenters. The molecule has 1 saturated heterocycles. The van der Waals surface area contributed by atoms with Gasteiger partial charge in [-0.3, -0.25) is 4.79 Å². The van der Waals surface area contributed by atoms with Crippen molar-refractivity contribution in [2.24, 2.45) is 5.73 Å². The summed E-state index contributed by atoms with van der Waals surface area (Å²) in [5.74, 6) is -0.223. The van der Waals surface area contributed by atoms with Crippen LogP contribution in [0.4, 0.5) is 11.4 Å². The molecule has 0 spiro atoms. The van der Waals surface area contributed by atoms with E-state index in [9.17, 15) is 4.79 Å². The number of aromatic amines is 1. The van der Waals surface area contributed by atoms with Crippen molar-refractivity contribution in [1.29, 1.82) is 0 Å². The number of piperidine rings is 1. The Morgan fingerprint density at radius 2 is 2.36 bits per heavy atom. The fourth-order valence-electron chi connectivity index (χ4n) is 3.02. The van der Waals surface area contributed by atoms with Crippen molar-refractivity contribution < 1.29 is 9.53 Å². The highest BCUT2D eigenvalue weighted by atomic mass is 35.5. The first kappa shape index (κ1) is 19.8. The summed E-state index contributed by atoms with van der Waals surface area (Å²) in [7, 11) is 1.50. The van der Waals surface area contributed by atoms with Crippen molar-refractivity contribution in [3.8, 4) is 0 Å². The molecule has 0 radical (unpaired) electrons. The number of hydrogen-bond acceptors (Lipinski definition) is 5. The molecule has 1 aliphatic heterocycles. The lowest BCUT2D eigenvalue weighted by Gasteiger charge is -2.33. The van der Waals surface area contributed by atoms with Crippen LogP contribution in [-0.4, -0.2) is 48.2 Å². The number of H-pyrrole nitrogens is 1. The lowest BCUT2D eigenvalue weighted by molar-refractivity contribution is -0.124. The van der Waals surface area contributed by atoms with Crippen LogP contribution in [0.25, 0.3) is 11.0 Å². The minimum absolute atomic E-state index is 0. The Kier molecular flexibility index (Phi) is 6.51. The number of hydrogen-bond donors (Lipinski definition) is 3. The minimum Gasteiger partial charge on any atom is -0.372 e. The molecule has 1 fully saturated rings. The van der Waals surface area contributed by atoms with E-state index in [2.05, 4.69) is 20.2 Å². The predicted molar refractivity (Wildman–Crippen MR) is 103 cm³/mol. The van der Waals surface area contributed by atoms with Crippen LogP contribution in [0.2, 0.25) is 5.02 Å². The van der Waals surface area contributed by atoms with E-state index >= 15 is 0 Å². The zero-order chi connectivity index (χ0) is 17.3. The summed E-state index contributed by atoms with van der Waals surface area (Å²) in [4.78, 5) is 21.7. The average Bonchev–Trinajstić information content (AvgIpc) is 2.96. The molecule has 2 aromatic heterocycles. The van der Waals surface area contributed by atoms with Crippen LogP contribution in [0, 0.1) is 0 Å². The number of rotatable bonds is 4. The summed E-state index contributed by atoms with van der Waals surface area (Å²) in [6.07, 6.45) is 4.81. The molecule has 1 aliphatic rings. The van der Waals surface area contributed by atoms with Gasteiger partial charge in [0.05, 0.1) is 28.0 Å². The van der Waals surface area contributed by atoms with Gasteiger partial charge in [-0.1, -0.05) is 11.6 Å². The monoisotopic (exact) mass is 387 g/mol. The van der Waals surface area contributed by atoms with E-state index in [1.54, 1.807) is 19.3 Å². The summed E-state index contributed by atoms with van der Waals surface area (Å²) in [6, 6.07) is 0.114. The number of carbonyl (C=O) groups excluding carboxylic acids is 1. The number of ether oxygens (including phenoxy) is 1. The number of methoxy groups -OCH3 is 1. The molecule has 3 rings (SSSR count). The van der Waals surface area contributed by atoms with E-state index in [-0.39, 0.29) is 24.4 Å². The number of nitrogens with zero attached hydrogens (tertiary/aromatic N) is 2. The molecule has 3 heterocycles. The molecule has 7 nitrogen and oxygen atoms in total. The molecule has 2 aromatic rings. The van der Waals surface area contributed by atoms with Crippen LogP contribution in [0.5, 0.6) is 0 Å². The predicted octanol–water partition coefficient (Wildman–Crippen LogP) is 2.54. The standard InChI is InChI=1S/C16H22ClN5O2.ClH/c1-9(24-2)16(23)21-12-7-20-15-13(12)14(11(17)6-19-15)22-5-3-4-10(18)8-22;/h6-7,9-10H,3-5,8,18H2,1-2H3,(H,19,20)(H,21,23);1H/t9-,10+;/m0./s1. The third-order valence-corrected chi connectivity index (χ3v) is 4.66. The van der Waals surface area contributed by atoms with Gasteiger partial charge in [0.1, 0.15) is 11.8 Å². The zero-order valence-corrected chi connectivity index (χ0v) is 15.8. The number of pyridine rings is 1. The van der Waals surface area contributed by atoms with Gasteiger partial charge in [-0.05, 0) is 19.8 Å². The number of halogens is 2. The van der Waals surface area contributed by atoms with Gasteiger partial charge in [-0.2, -0.15) is 0 Å². The summed E-state index contributed by atoms with van der Waals surface area (Å²) in [5.41, 5.74) is 8.29. The normalized spacial score (nSPS) is 18.7. The number of amides is 1. The van der Waals surface area contributed by atoms with Gasteiger partial charge in [0.25, 0.3) is 5.91 Å². The fourth-order valence-corrected chi connectivity index (χ4v) is 3.28. The first-order valence-corrected chi connectivity index (χ1v) is 8.38. The van der Waals surface area contributed by atoms with Crippen LogP contribution in [-0.2, 0) is 9.53 Å². The number of aromatic nitrogens is 2. The molecule has 0 saturated carbocycles. The fraction of sp³-hybridized carbons (Fsp3) is 0.500. The van der Waals surface area contributed by atoms with Gasteiger partial charge in [0.15, 0.2) is 0 Å². The second-order valence-electron chi connectivity index (χ2n) is 6.10. The Labute approximate surface area is 157 Å². The van der Waals surface area contributed by atoms with Crippen molar-refractivity contribution >= 4 is 52.3 Å². The van der Waals surface area contributed by atoms with Crippen LogP contribution in [0.1, 0.15) is 19.8 Å². The molecule has 0 aliphatic carbocycles. The van der Waals surface area contributed by atoms with E-state index < -0.39 is 6.10 Å². The Morgan fingerprint density at radius 3 is 3.04 bits per heavy atom. The maximum absolute atomic E-state index is 12.2. The van der Waals surface area contributed by atoms with E-state index in [1.807, 2.05) is 0 Å². The van der Waals surface area contributed by atoms with Crippen LogP contribution in [0.15, 0.2) is 12.4 Å². The second kappa shape index (κ2) is 8.23. The second-order valence-corrected chi connectivity index (χ2v) is 6.50. The molecule has 4 N–H and O–H groups in total. The largest absolute Gasteiger partial charge is 0.372 e. The van der Waals surface area contributed by atoms with Crippen molar-refractivity contribution in [2.75, 3.05) is 30.4 Å². The molecular formula is C16H23Cl2N5O2. The quantitative estimate of drug-likeness (QED) is 0.748. The summed E-state index contributed by atoms with van der Waals surface area (Å²) >= 11 is 6.44. The van der Waals surface area contributed by atoms with E-state index in [4.69, 9.17) is 22.1 Å². The van der Waals surface area contributed by atoms with Crippen molar-refractivity contribution in [3.05, 3.63) is 17.4 Å². The molecule has 138 valence electrons. The third-order valence-electron chi connectivity index (χ3n) is 4.38. The van der Waals surface area contributed by atoms with Gasteiger partial charge in [-0.25, -0.2) is 4.98 Å². The Balaban J connectivity index is 0.00000225. The van der Waals surface area contributed by atoms with Gasteiger partial charge in [0, 0.05) is 32.4 Å². The lowest BCUT2D eigenvalue weighted by atomic mass is 10.1. The van der Waals surface area contributed by atoms with E-state index in [0.717, 1.165) is 37.0 Å². The number of anilines is 2. The number of nitrogens with two attached hydrogens (primary N) is 1. The maximum Gasteiger partial charge on any atom is 0.253 e. The summed E-state index contributed by atoms with van der Waals surface area (Å²) in [6.45, 7) is 3.30. The van der Waals surface area contributed by atoms with Crippen LogP contribution < -0.4 is 16.0 Å². The highest BCUT2D eigenvalue weighted by molar-refractivity contribution is 6.35. The molecule has 2 atom stereocenters. The highest BCUT2D eigenvalue weighted by Gasteiger charge is 2.24. The highest BCUT2D eigenvalue weighted by Crippen LogP contribution is 2.38. The molecule has 0 bridgehead atoms. The van der Waals surface area contributed by atoms with E-state index in [1.165, 1.54) is 7.11 Å². The summed E-state index contributed by atoms with van der Waals surface area (Å²) in [5, 5.41) is 4.23. The zero-order valence-electron chi connectivity index (χ0n) is 14.2. The van der Waals surface area contributed by atoms with Crippen LogP contribution in [0.3, 0.4) is 0 Å². The minimum atomic E-state index is -0.547. The van der Waals surface area contributed by atoms with Crippen molar-refractivity contribution in [1.82, 2.24) is 9.97 Å². The van der Waals surface area contributed by atoms with Gasteiger partial charge < -0.3 is 25.7 Å². The Hall–Kier alpha value is -1.54.